The first kappa shape index (κ1) is 25.6. The quantitative estimate of drug-likeness (QED) is 0.439. The van der Waals surface area contributed by atoms with E-state index in [1.54, 1.807) is 34.7 Å². The molecule has 0 spiro atoms. The standard InChI is InChI=1S/C21H32N2O6S/c1-12(2)9-17(24)28-16(18-22-14(11-30-18)19(25)26)10-15(13(3)4)23(8)20(27)29-21(5,6)7/h11-12,15-16H,3,9-10H2,1-2,4-8H3,(H,25,26)/t15-,16-/m1/s1. The summed E-state index contributed by atoms with van der Waals surface area (Å²) in [5, 5.41) is 10.9. The van der Waals surface area contributed by atoms with E-state index in [1.807, 2.05) is 13.8 Å². The molecule has 1 rings (SSSR count). The van der Waals surface area contributed by atoms with Crippen molar-refractivity contribution in [3.63, 3.8) is 0 Å². The molecule has 0 saturated carbocycles. The summed E-state index contributed by atoms with van der Waals surface area (Å²) in [6.07, 6.45) is -0.955. The Labute approximate surface area is 181 Å². The lowest BCUT2D eigenvalue weighted by atomic mass is 10.0. The van der Waals surface area contributed by atoms with Gasteiger partial charge >= 0.3 is 18.0 Å². The van der Waals surface area contributed by atoms with Gasteiger partial charge in [0.1, 0.15) is 10.6 Å². The number of hydrogen-bond acceptors (Lipinski definition) is 7. The van der Waals surface area contributed by atoms with Crippen LogP contribution in [-0.2, 0) is 14.3 Å². The third-order valence-electron chi connectivity index (χ3n) is 4.02. The molecule has 9 heteroatoms. The number of aromatic carboxylic acids is 1. The molecule has 168 valence electrons. The zero-order chi connectivity index (χ0) is 23.2. The molecule has 0 saturated heterocycles. The van der Waals surface area contributed by atoms with Gasteiger partial charge in [0.05, 0.1) is 6.04 Å². The first-order valence-corrected chi connectivity index (χ1v) is 10.6. The number of rotatable bonds is 9. The molecule has 1 N–H and O–H groups in total. The fourth-order valence-corrected chi connectivity index (χ4v) is 3.46. The average molecular weight is 441 g/mol. The van der Waals surface area contributed by atoms with Gasteiger partial charge in [0.2, 0.25) is 0 Å². The number of nitrogens with zero attached hydrogens (tertiary/aromatic N) is 2. The first-order valence-electron chi connectivity index (χ1n) is 9.70. The van der Waals surface area contributed by atoms with Crippen molar-refractivity contribution in [3.05, 3.63) is 28.2 Å². The molecule has 30 heavy (non-hydrogen) atoms. The maximum Gasteiger partial charge on any atom is 0.410 e. The van der Waals surface area contributed by atoms with Gasteiger partial charge in [-0.25, -0.2) is 14.6 Å². The Morgan fingerprint density at radius 3 is 2.33 bits per heavy atom. The summed E-state index contributed by atoms with van der Waals surface area (Å²) in [7, 11) is 1.59. The number of carbonyl (C=O) groups excluding carboxylic acids is 2. The largest absolute Gasteiger partial charge is 0.476 e. The number of esters is 1. The number of amides is 1. The molecular formula is C21H32N2O6S. The van der Waals surface area contributed by atoms with Crippen LogP contribution in [0.3, 0.4) is 0 Å². The third-order valence-corrected chi connectivity index (χ3v) is 4.96. The van der Waals surface area contributed by atoms with Crippen molar-refractivity contribution in [2.75, 3.05) is 7.05 Å². The summed E-state index contributed by atoms with van der Waals surface area (Å²) >= 11 is 1.10. The van der Waals surface area contributed by atoms with Gasteiger partial charge in [-0.05, 0) is 33.6 Å². The van der Waals surface area contributed by atoms with Crippen LogP contribution in [0.5, 0.6) is 0 Å². The monoisotopic (exact) mass is 440 g/mol. The highest BCUT2D eigenvalue weighted by Crippen LogP contribution is 2.31. The molecule has 0 bridgehead atoms. The van der Waals surface area contributed by atoms with Crippen LogP contribution in [0, 0.1) is 5.92 Å². The second-order valence-corrected chi connectivity index (χ2v) is 9.53. The number of carboxylic acids is 1. The fourth-order valence-electron chi connectivity index (χ4n) is 2.63. The van der Waals surface area contributed by atoms with Crippen molar-refractivity contribution in [2.45, 2.75) is 72.1 Å². The molecular weight excluding hydrogens is 408 g/mol. The Balaban J connectivity index is 3.15. The van der Waals surface area contributed by atoms with Crippen LogP contribution in [0.4, 0.5) is 4.79 Å². The van der Waals surface area contributed by atoms with Crippen LogP contribution >= 0.6 is 11.3 Å². The van der Waals surface area contributed by atoms with Gasteiger partial charge in [0.15, 0.2) is 11.8 Å². The molecule has 0 unspecified atom stereocenters. The number of likely N-dealkylation sites (N-methyl/N-ethyl adjacent to an activating group) is 1. The van der Waals surface area contributed by atoms with Gasteiger partial charge in [0, 0.05) is 25.3 Å². The summed E-state index contributed by atoms with van der Waals surface area (Å²) < 4.78 is 11.1. The predicted octanol–water partition coefficient (Wildman–Crippen LogP) is 4.67. The van der Waals surface area contributed by atoms with E-state index in [-0.39, 0.29) is 24.5 Å². The molecule has 0 aliphatic heterocycles. The minimum Gasteiger partial charge on any atom is -0.476 e. The highest BCUT2D eigenvalue weighted by Gasteiger charge is 2.31. The number of aromatic nitrogens is 1. The summed E-state index contributed by atoms with van der Waals surface area (Å²) in [6.45, 7) is 14.8. The summed E-state index contributed by atoms with van der Waals surface area (Å²) in [5.74, 6) is -1.47. The molecule has 0 aliphatic rings. The molecule has 1 aromatic heterocycles. The van der Waals surface area contributed by atoms with Crippen LogP contribution in [0.2, 0.25) is 0 Å². The smallest absolute Gasteiger partial charge is 0.410 e. The van der Waals surface area contributed by atoms with E-state index >= 15 is 0 Å². The Bertz CT molecular complexity index is 781. The van der Waals surface area contributed by atoms with Crippen LogP contribution in [0.25, 0.3) is 0 Å². The lowest BCUT2D eigenvalue weighted by molar-refractivity contribution is -0.151. The van der Waals surface area contributed by atoms with Crippen LogP contribution < -0.4 is 0 Å². The van der Waals surface area contributed by atoms with Crippen molar-refractivity contribution in [1.29, 1.82) is 0 Å². The Hall–Kier alpha value is -2.42. The number of ether oxygens (including phenoxy) is 2. The molecule has 1 amide bonds. The highest BCUT2D eigenvalue weighted by atomic mass is 32.1. The van der Waals surface area contributed by atoms with Crippen LogP contribution in [-0.4, -0.2) is 51.7 Å². The van der Waals surface area contributed by atoms with Crippen molar-refractivity contribution >= 4 is 29.4 Å². The van der Waals surface area contributed by atoms with Crippen LogP contribution in [0.1, 0.15) is 76.0 Å². The molecule has 0 radical (unpaired) electrons. The maximum absolute atomic E-state index is 12.5. The third kappa shape index (κ3) is 8.14. The van der Waals surface area contributed by atoms with Crippen molar-refractivity contribution in [2.24, 2.45) is 5.92 Å². The number of carbonyl (C=O) groups is 3. The van der Waals surface area contributed by atoms with E-state index in [0.717, 1.165) is 11.3 Å². The van der Waals surface area contributed by atoms with E-state index in [4.69, 9.17) is 9.47 Å². The zero-order valence-electron chi connectivity index (χ0n) is 18.7. The molecule has 0 aliphatic carbocycles. The highest BCUT2D eigenvalue weighted by molar-refractivity contribution is 7.09. The lowest BCUT2D eigenvalue weighted by Crippen LogP contribution is -2.42. The predicted molar refractivity (Wildman–Crippen MR) is 115 cm³/mol. The summed E-state index contributed by atoms with van der Waals surface area (Å²) in [4.78, 5) is 41.6. The molecule has 0 fully saturated rings. The molecule has 2 atom stereocenters. The zero-order valence-corrected chi connectivity index (χ0v) is 19.5. The van der Waals surface area contributed by atoms with Gasteiger partial charge in [-0.15, -0.1) is 11.3 Å². The van der Waals surface area contributed by atoms with Crippen molar-refractivity contribution in [1.82, 2.24) is 9.88 Å². The molecule has 0 aromatic carbocycles. The molecule has 1 aromatic rings. The number of carboxylic acid groups (broad SMARTS) is 1. The summed E-state index contributed by atoms with van der Waals surface area (Å²) in [6, 6.07) is -0.506. The second-order valence-electron chi connectivity index (χ2n) is 8.64. The minimum atomic E-state index is -1.16. The van der Waals surface area contributed by atoms with Gasteiger partial charge in [-0.2, -0.15) is 0 Å². The van der Waals surface area contributed by atoms with E-state index in [0.29, 0.717) is 10.6 Å². The SMILES string of the molecule is C=C(C)[C@@H](C[C@@H](OC(=O)CC(C)C)c1nc(C(=O)O)cs1)N(C)C(=O)OC(C)(C)C. The van der Waals surface area contributed by atoms with E-state index in [9.17, 15) is 19.5 Å². The fraction of sp³-hybridized carbons (Fsp3) is 0.619. The van der Waals surface area contributed by atoms with E-state index < -0.39 is 35.8 Å². The van der Waals surface area contributed by atoms with E-state index in [1.165, 1.54) is 10.3 Å². The van der Waals surface area contributed by atoms with Crippen molar-refractivity contribution < 1.29 is 29.0 Å². The van der Waals surface area contributed by atoms with E-state index in [2.05, 4.69) is 11.6 Å². The average Bonchev–Trinajstić information content (AvgIpc) is 3.05. The normalized spacial score (nSPS) is 13.5. The second kappa shape index (κ2) is 10.6. The van der Waals surface area contributed by atoms with Gasteiger partial charge < -0.3 is 19.5 Å². The van der Waals surface area contributed by atoms with Crippen molar-refractivity contribution in [3.8, 4) is 0 Å². The lowest BCUT2D eigenvalue weighted by Gasteiger charge is -2.32. The van der Waals surface area contributed by atoms with Gasteiger partial charge in [0.25, 0.3) is 0 Å². The topological polar surface area (TPSA) is 106 Å². The Kier molecular flexibility index (Phi) is 9.02. The Morgan fingerprint density at radius 1 is 1.30 bits per heavy atom. The summed E-state index contributed by atoms with van der Waals surface area (Å²) in [5.41, 5.74) is -0.115. The maximum atomic E-state index is 12.5. The molecule has 1 heterocycles. The first-order chi connectivity index (χ1) is 13.7. The number of hydrogen-bond donors (Lipinski definition) is 1. The van der Waals surface area contributed by atoms with Gasteiger partial charge in [-0.1, -0.05) is 26.0 Å². The molecule has 8 nitrogen and oxygen atoms in total. The Morgan fingerprint density at radius 2 is 1.90 bits per heavy atom. The number of thiazole rings is 1. The minimum absolute atomic E-state index is 0.102. The van der Waals surface area contributed by atoms with Crippen LogP contribution in [0.15, 0.2) is 17.5 Å². The van der Waals surface area contributed by atoms with Gasteiger partial charge in [-0.3, -0.25) is 4.79 Å².